The van der Waals surface area contributed by atoms with E-state index in [9.17, 15) is 0 Å². The quantitative estimate of drug-likeness (QED) is 0.538. The minimum absolute atomic E-state index is 0.773. The average molecular weight is 135 g/mol. The normalized spacial score (nSPS) is 23.6. The Labute approximate surface area is 52.0 Å². The first kappa shape index (κ1) is 5.79. The monoisotopic (exact) mass is 135 g/mol. The van der Waals surface area contributed by atoms with E-state index < -0.39 is 0 Å². The van der Waals surface area contributed by atoms with E-state index in [1.165, 1.54) is 11.5 Å². The van der Waals surface area contributed by atoms with Crippen molar-refractivity contribution in [1.82, 2.24) is 5.32 Å². The molecule has 3 heteroatoms. The highest BCUT2D eigenvalue weighted by atomic mass is 33.1. The van der Waals surface area contributed by atoms with Crippen molar-refractivity contribution in [1.29, 1.82) is 0 Å². The maximum atomic E-state index is 3.22. The zero-order valence-corrected chi connectivity index (χ0v) is 5.94. The van der Waals surface area contributed by atoms with Crippen LogP contribution in [0.25, 0.3) is 0 Å². The van der Waals surface area contributed by atoms with E-state index in [-0.39, 0.29) is 0 Å². The molecule has 1 saturated heterocycles. The predicted molar refractivity (Wildman–Crippen MR) is 37.8 cm³/mol. The third-order valence-electron chi connectivity index (χ3n) is 1.03. The maximum Gasteiger partial charge on any atom is 0.0262 e. The molecular weight excluding hydrogens is 126 g/mol. The fourth-order valence-electron chi connectivity index (χ4n) is 0.475. The van der Waals surface area contributed by atoms with Gasteiger partial charge in [0.2, 0.25) is 0 Å². The Morgan fingerprint density at radius 3 is 2.29 bits per heavy atom. The van der Waals surface area contributed by atoms with Crippen molar-refractivity contribution in [3.63, 3.8) is 0 Å². The Morgan fingerprint density at radius 1 is 1.43 bits per heavy atom. The summed E-state index contributed by atoms with van der Waals surface area (Å²) in [6, 6.07) is 0.773. The van der Waals surface area contributed by atoms with Crippen LogP contribution in [0.5, 0.6) is 0 Å². The van der Waals surface area contributed by atoms with E-state index in [0.717, 1.165) is 6.04 Å². The minimum Gasteiger partial charge on any atom is -0.315 e. The molecule has 0 spiro atoms. The summed E-state index contributed by atoms with van der Waals surface area (Å²) in [7, 11) is 5.95. The SMILES string of the molecule is CNC1CSSC1. The third-order valence-corrected chi connectivity index (χ3v) is 3.59. The topological polar surface area (TPSA) is 12.0 Å². The first-order valence-corrected chi connectivity index (χ1v) is 4.84. The van der Waals surface area contributed by atoms with Gasteiger partial charge in [0.05, 0.1) is 0 Å². The number of hydrogen-bond donors (Lipinski definition) is 1. The van der Waals surface area contributed by atoms with Gasteiger partial charge in [-0.15, -0.1) is 0 Å². The van der Waals surface area contributed by atoms with Gasteiger partial charge in [-0.2, -0.15) is 0 Å². The second-order valence-electron chi connectivity index (χ2n) is 1.55. The fraction of sp³-hybridized carbons (Fsp3) is 1.00. The highest BCUT2D eigenvalue weighted by molar-refractivity contribution is 8.77. The van der Waals surface area contributed by atoms with E-state index in [1.807, 2.05) is 28.6 Å². The standard InChI is InChI=1S/C4H9NS2/c1-5-4-2-6-7-3-4/h4-5H,2-3H2,1H3. The van der Waals surface area contributed by atoms with Gasteiger partial charge in [0, 0.05) is 17.5 Å². The lowest BCUT2D eigenvalue weighted by atomic mass is 10.4. The van der Waals surface area contributed by atoms with Crippen LogP contribution in [0.1, 0.15) is 0 Å². The molecule has 1 aliphatic rings. The third kappa shape index (κ3) is 1.55. The maximum absolute atomic E-state index is 3.22. The van der Waals surface area contributed by atoms with Gasteiger partial charge in [-0.1, -0.05) is 21.6 Å². The van der Waals surface area contributed by atoms with Gasteiger partial charge in [0.1, 0.15) is 0 Å². The van der Waals surface area contributed by atoms with Gasteiger partial charge in [0.25, 0.3) is 0 Å². The lowest BCUT2D eigenvalue weighted by molar-refractivity contribution is 0.693. The lowest BCUT2D eigenvalue weighted by Crippen LogP contribution is -2.26. The van der Waals surface area contributed by atoms with Crippen LogP contribution in [-0.2, 0) is 0 Å². The van der Waals surface area contributed by atoms with Crippen molar-refractivity contribution >= 4 is 21.6 Å². The fourth-order valence-corrected chi connectivity index (χ4v) is 3.28. The van der Waals surface area contributed by atoms with Crippen LogP contribution in [0.2, 0.25) is 0 Å². The van der Waals surface area contributed by atoms with Crippen molar-refractivity contribution in [2.24, 2.45) is 0 Å². The van der Waals surface area contributed by atoms with Gasteiger partial charge < -0.3 is 5.32 Å². The molecule has 42 valence electrons. The molecule has 0 aromatic carbocycles. The largest absolute Gasteiger partial charge is 0.315 e. The van der Waals surface area contributed by atoms with E-state index in [0.29, 0.717) is 0 Å². The van der Waals surface area contributed by atoms with Crippen LogP contribution >= 0.6 is 21.6 Å². The summed E-state index contributed by atoms with van der Waals surface area (Å²) in [5.74, 6) is 2.56. The zero-order chi connectivity index (χ0) is 5.11. The lowest BCUT2D eigenvalue weighted by Gasteiger charge is -2.00. The summed E-state index contributed by atoms with van der Waals surface area (Å²) < 4.78 is 0. The van der Waals surface area contributed by atoms with Crippen molar-refractivity contribution in [2.45, 2.75) is 6.04 Å². The van der Waals surface area contributed by atoms with Crippen molar-refractivity contribution in [3.8, 4) is 0 Å². The van der Waals surface area contributed by atoms with E-state index in [1.54, 1.807) is 0 Å². The average Bonchev–Trinajstić information content (AvgIpc) is 2.14. The molecule has 0 unspecified atom stereocenters. The molecule has 1 fully saturated rings. The van der Waals surface area contributed by atoms with Crippen molar-refractivity contribution in [2.75, 3.05) is 18.6 Å². The molecule has 7 heavy (non-hydrogen) atoms. The smallest absolute Gasteiger partial charge is 0.0262 e. The number of hydrogen-bond acceptors (Lipinski definition) is 3. The molecule has 1 heterocycles. The van der Waals surface area contributed by atoms with Crippen molar-refractivity contribution < 1.29 is 0 Å². The van der Waals surface area contributed by atoms with Gasteiger partial charge in [-0.05, 0) is 7.05 Å². The van der Waals surface area contributed by atoms with Gasteiger partial charge in [0.15, 0.2) is 0 Å². The van der Waals surface area contributed by atoms with Crippen LogP contribution < -0.4 is 5.32 Å². The number of nitrogens with one attached hydrogen (secondary N) is 1. The Balaban J connectivity index is 2.14. The van der Waals surface area contributed by atoms with Crippen LogP contribution in [0.15, 0.2) is 0 Å². The van der Waals surface area contributed by atoms with E-state index in [2.05, 4.69) is 5.32 Å². The number of rotatable bonds is 1. The highest BCUT2D eigenvalue weighted by Gasteiger charge is 2.12. The molecule has 1 nitrogen and oxygen atoms in total. The van der Waals surface area contributed by atoms with Crippen molar-refractivity contribution in [3.05, 3.63) is 0 Å². The van der Waals surface area contributed by atoms with Crippen LogP contribution in [0.4, 0.5) is 0 Å². The summed E-state index contributed by atoms with van der Waals surface area (Å²) in [4.78, 5) is 0. The zero-order valence-electron chi connectivity index (χ0n) is 4.31. The molecule has 1 rings (SSSR count). The van der Waals surface area contributed by atoms with E-state index >= 15 is 0 Å². The molecule has 0 bridgehead atoms. The second-order valence-corrected chi connectivity index (χ2v) is 4.11. The van der Waals surface area contributed by atoms with Gasteiger partial charge >= 0.3 is 0 Å². The minimum atomic E-state index is 0.773. The molecule has 0 amide bonds. The molecule has 0 aliphatic carbocycles. The summed E-state index contributed by atoms with van der Waals surface area (Å²) in [5, 5.41) is 3.22. The molecule has 0 aromatic heterocycles. The molecule has 1 aliphatic heterocycles. The summed E-state index contributed by atoms with van der Waals surface area (Å²) in [5.41, 5.74) is 0. The summed E-state index contributed by atoms with van der Waals surface area (Å²) >= 11 is 0. The van der Waals surface area contributed by atoms with Gasteiger partial charge in [-0.25, -0.2) is 0 Å². The van der Waals surface area contributed by atoms with E-state index in [4.69, 9.17) is 0 Å². The van der Waals surface area contributed by atoms with Crippen LogP contribution in [0, 0.1) is 0 Å². The first-order valence-electron chi connectivity index (χ1n) is 2.35. The highest BCUT2D eigenvalue weighted by Crippen LogP contribution is 2.30. The first-order chi connectivity index (χ1) is 3.43. The second kappa shape index (κ2) is 2.84. The van der Waals surface area contributed by atoms with Crippen LogP contribution in [0.3, 0.4) is 0 Å². The Kier molecular flexibility index (Phi) is 2.35. The van der Waals surface area contributed by atoms with Crippen LogP contribution in [-0.4, -0.2) is 24.6 Å². The summed E-state index contributed by atoms with van der Waals surface area (Å²) in [6.07, 6.45) is 0. The molecule has 1 N–H and O–H groups in total. The molecular formula is C4H9NS2. The summed E-state index contributed by atoms with van der Waals surface area (Å²) in [6.45, 7) is 0. The predicted octanol–water partition coefficient (Wildman–Crippen LogP) is 0.969. The Hall–Kier alpha value is 0.660. The molecule has 0 atom stereocenters. The molecule has 0 aromatic rings. The Bertz CT molecular complexity index is 51.7. The Morgan fingerprint density at radius 2 is 2.00 bits per heavy atom. The molecule has 0 saturated carbocycles. The van der Waals surface area contributed by atoms with Gasteiger partial charge in [-0.3, -0.25) is 0 Å². The molecule has 0 radical (unpaired) electrons.